The summed E-state index contributed by atoms with van der Waals surface area (Å²) in [5.41, 5.74) is 5.98. The fraction of sp³-hybridized carbons (Fsp3) is 0.250. The highest BCUT2D eigenvalue weighted by atomic mass is 16.7. The first-order chi connectivity index (χ1) is 12.8. The molecular weight excluding hydrogens is 336 g/mol. The molecule has 0 radical (unpaired) electrons. The number of aryl methyl sites for hydroxylation is 5. The maximum Gasteiger partial charge on any atom is 0.231 e. The standard InChI is InChI=1S/C8H8O2.C8H10O.C8H10/c1-6-2-3-7-8(4-6)10-5-9-7;1-6-3-4-8(9)7(2)5-6;1-7-3-5-8(2)6-4-7/h2-4H,5H2,1H3;3-5,9H,1-2H3;3-6H,1-2H3. The number of ether oxygens (including phenoxy) is 2. The number of phenolic OH excluding ortho intramolecular Hbond substituents is 1. The molecule has 0 aliphatic carbocycles. The van der Waals surface area contributed by atoms with Crippen LogP contribution in [0.5, 0.6) is 17.2 Å². The third kappa shape index (κ3) is 6.70. The van der Waals surface area contributed by atoms with E-state index in [4.69, 9.17) is 14.6 Å². The van der Waals surface area contributed by atoms with Crippen molar-refractivity contribution in [2.24, 2.45) is 0 Å². The summed E-state index contributed by atoms with van der Waals surface area (Å²) in [6.45, 7) is 10.5. The van der Waals surface area contributed by atoms with Gasteiger partial charge in [-0.2, -0.15) is 0 Å². The minimum atomic E-state index is 0.360. The van der Waals surface area contributed by atoms with Gasteiger partial charge in [-0.1, -0.05) is 59.2 Å². The molecule has 142 valence electrons. The monoisotopic (exact) mass is 364 g/mol. The van der Waals surface area contributed by atoms with Crippen LogP contribution in [-0.4, -0.2) is 11.9 Å². The first-order valence-electron chi connectivity index (χ1n) is 9.01. The lowest BCUT2D eigenvalue weighted by Gasteiger charge is -1.97. The molecule has 3 aromatic carbocycles. The van der Waals surface area contributed by atoms with E-state index >= 15 is 0 Å². The summed E-state index contributed by atoms with van der Waals surface area (Å²) in [5.74, 6) is 2.09. The lowest BCUT2D eigenvalue weighted by Crippen LogP contribution is -1.92. The van der Waals surface area contributed by atoms with E-state index in [1.54, 1.807) is 6.07 Å². The number of fused-ring (bicyclic) bond motifs is 1. The smallest absolute Gasteiger partial charge is 0.231 e. The van der Waals surface area contributed by atoms with E-state index in [1.807, 2.05) is 51.1 Å². The molecule has 27 heavy (non-hydrogen) atoms. The second-order valence-electron chi connectivity index (χ2n) is 6.80. The van der Waals surface area contributed by atoms with Crippen LogP contribution in [0.25, 0.3) is 0 Å². The summed E-state index contributed by atoms with van der Waals surface area (Å²) < 4.78 is 10.3. The Morgan fingerprint density at radius 1 is 0.593 bits per heavy atom. The van der Waals surface area contributed by atoms with E-state index in [0.717, 1.165) is 17.1 Å². The van der Waals surface area contributed by atoms with Gasteiger partial charge in [0.2, 0.25) is 6.79 Å². The van der Waals surface area contributed by atoms with Gasteiger partial charge in [-0.25, -0.2) is 0 Å². The van der Waals surface area contributed by atoms with Crippen LogP contribution in [0.2, 0.25) is 0 Å². The molecule has 0 saturated heterocycles. The van der Waals surface area contributed by atoms with Crippen LogP contribution in [0.3, 0.4) is 0 Å². The number of rotatable bonds is 0. The van der Waals surface area contributed by atoms with E-state index in [9.17, 15) is 0 Å². The van der Waals surface area contributed by atoms with Gasteiger partial charge >= 0.3 is 0 Å². The molecule has 0 atom stereocenters. The molecule has 4 rings (SSSR count). The number of benzene rings is 3. The fourth-order valence-corrected chi connectivity index (χ4v) is 2.45. The van der Waals surface area contributed by atoms with Crippen LogP contribution >= 0.6 is 0 Å². The molecule has 1 aliphatic heterocycles. The van der Waals surface area contributed by atoms with E-state index in [2.05, 4.69) is 38.1 Å². The van der Waals surface area contributed by atoms with Gasteiger partial charge in [0.15, 0.2) is 11.5 Å². The lowest BCUT2D eigenvalue weighted by atomic mass is 10.1. The van der Waals surface area contributed by atoms with Crippen LogP contribution in [0, 0.1) is 34.6 Å². The van der Waals surface area contributed by atoms with E-state index in [0.29, 0.717) is 12.5 Å². The maximum absolute atomic E-state index is 9.04. The SMILES string of the molecule is Cc1ccc(C)cc1.Cc1ccc(O)c(C)c1.Cc1ccc2c(c1)OCO2. The van der Waals surface area contributed by atoms with Gasteiger partial charge < -0.3 is 14.6 Å². The number of aromatic hydroxyl groups is 1. The summed E-state index contributed by atoms with van der Waals surface area (Å²) in [6, 6.07) is 19.9. The van der Waals surface area contributed by atoms with Crippen LogP contribution in [-0.2, 0) is 0 Å². The molecule has 3 aromatic rings. The molecule has 0 bridgehead atoms. The van der Waals surface area contributed by atoms with Crippen molar-refractivity contribution in [1.82, 2.24) is 0 Å². The van der Waals surface area contributed by atoms with Crippen molar-refractivity contribution in [3.63, 3.8) is 0 Å². The second-order valence-corrected chi connectivity index (χ2v) is 6.80. The lowest BCUT2D eigenvalue weighted by molar-refractivity contribution is 0.174. The highest BCUT2D eigenvalue weighted by Crippen LogP contribution is 2.31. The zero-order valence-electron chi connectivity index (χ0n) is 16.7. The predicted molar refractivity (Wildman–Crippen MR) is 111 cm³/mol. The van der Waals surface area contributed by atoms with Crippen molar-refractivity contribution in [3.8, 4) is 17.2 Å². The highest BCUT2D eigenvalue weighted by Gasteiger charge is 2.11. The van der Waals surface area contributed by atoms with E-state index in [-0.39, 0.29) is 0 Å². The zero-order valence-corrected chi connectivity index (χ0v) is 16.7. The first kappa shape index (κ1) is 20.4. The Kier molecular flexibility index (Phi) is 7.30. The van der Waals surface area contributed by atoms with Gasteiger partial charge in [-0.05, 0) is 63.9 Å². The molecule has 0 aromatic heterocycles. The van der Waals surface area contributed by atoms with Crippen molar-refractivity contribution in [3.05, 3.63) is 88.5 Å². The van der Waals surface area contributed by atoms with Crippen LogP contribution in [0.15, 0.2) is 60.7 Å². The van der Waals surface area contributed by atoms with Gasteiger partial charge in [0.25, 0.3) is 0 Å². The summed E-state index contributed by atoms with van der Waals surface area (Å²) in [7, 11) is 0. The van der Waals surface area contributed by atoms with Crippen molar-refractivity contribution in [1.29, 1.82) is 0 Å². The number of hydrogen-bond donors (Lipinski definition) is 1. The third-order valence-electron chi connectivity index (χ3n) is 4.10. The Hall–Kier alpha value is -2.94. The summed E-state index contributed by atoms with van der Waals surface area (Å²) in [6.07, 6.45) is 0. The van der Waals surface area contributed by atoms with E-state index in [1.165, 1.54) is 22.3 Å². The minimum Gasteiger partial charge on any atom is -0.508 e. The quantitative estimate of drug-likeness (QED) is 0.529. The molecule has 0 saturated carbocycles. The van der Waals surface area contributed by atoms with Gasteiger partial charge in [-0.3, -0.25) is 0 Å². The molecule has 3 nitrogen and oxygen atoms in total. The molecule has 0 unspecified atom stereocenters. The normalized spacial score (nSPS) is 11.0. The Balaban J connectivity index is 0.000000146. The third-order valence-corrected chi connectivity index (χ3v) is 4.10. The Bertz CT molecular complexity index is 846. The van der Waals surface area contributed by atoms with Crippen LogP contribution in [0.1, 0.15) is 27.8 Å². The average molecular weight is 364 g/mol. The molecule has 0 amide bonds. The van der Waals surface area contributed by atoms with Crippen molar-refractivity contribution in [2.45, 2.75) is 34.6 Å². The zero-order chi connectivity index (χ0) is 19.8. The van der Waals surface area contributed by atoms with E-state index < -0.39 is 0 Å². The van der Waals surface area contributed by atoms with Gasteiger partial charge in [-0.15, -0.1) is 0 Å². The fourth-order valence-electron chi connectivity index (χ4n) is 2.45. The van der Waals surface area contributed by atoms with Gasteiger partial charge in [0.05, 0.1) is 0 Å². The van der Waals surface area contributed by atoms with Crippen molar-refractivity contribution < 1.29 is 14.6 Å². The van der Waals surface area contributed by atoms with Gasteiger partial charge in [0.1, 0.15) is 5.75 Å². The Morgan fingerprint density at radius 3 is 1.63 bits per heavy atom. The second kappa shape index (κ2) is 9.67. The topological polar surface area (TPSA) is 38.7 Å². The molecule has 3 heteroatoms. The molecule has 1 heterocycles. The molecule has 1 N–H and O–H groups in total. The first-order valence-corrected chi connectivity index (χ1v) is 9.01. The number of hydrogen-bond acceptors (Lipinski definition) is 3. The van der Waals surface area contributed by atoms with Crippen molar-refractivity contribution >= 4 is 0 Å². The van der Waals surface area contributed by atoms with Crippen molar-refractivity contribution in [2.75, 3.05) is 6.79 Å². The molecular formula is C24H28O3. The summed E-state index contributed by atoms with van der Waals surface area (Å²) >= 11 is 0. The Labute approximate surface area is 162 Å². The van der Waals surface area contributed by atoms with Gasteiger partial charge in [0, 0.05) is 0 Å². The maximum atomic E-state index is 9.04. The highest BCUT2D eigenvalue weighted by molar-refractivity contribution is 5.43. The molecule has 0 fully saturated rings. The Morgan fingerprint density at radius 2 is 1.07 bits per heavy atom. The predicted octanol–water partition coefficient (Wildman–Crippen LogP) is 6.04. The number of phenols is 1. The largest absolute Gasteiger partial charge is 0.508 e. The van der Waals surface area contributed by atoms with Crippen LogP contribution in [0.4, 0.5) is 0 Å². The summed E-state index contributed by atoms with van der Waals surface area (Å²) in [5, 5.41) is 9.04. The molecule has 1 aliphatic rings. The minimum absolute atomic E-state index is 0.360. The molecule has 0 spiro atoms. The van der Waals surface area contributed by atoms with Crippen LogP contribution < -0.4 is 9.47 Å². The summed E-state index contributed by atoms with van der Waals surface area (Å²) in [4.78, 5) is 0. The average Bonchev–Trinajstić information content (AvgIpc) is 3.10.